The lowest BCUT2D eigenvalue weighted by molar-refractivity contribution is -0.00594. The third kappa shape index (κ3) is 6.56. The molecule has 322 valence electrons. The van der Waals surface area contributed by atoms with Crippen LogP contribution < -0.4 is 0 Å². The smallest absolute Gasteiger partial charge is 0.165 e. The summed E-state index contributed by atoms with van der Waals surface area (Å²) in [6.07, 6.45) is 15.4. The number of benzene rings is 7. The first kappa shape index (κ1) is 38.7. The Morgan fingerprint density at radius 3 is 1.93 bits per heavy atom. The molecule has 6 heteroatoms. The van der Waals surface area contributed by atoms with Crippen LogP contribution in [0.4, 0.5) is 0 Å². The van der Waals surface area contributed by atoms with Crippen molar-refractivity contribution in [3.05, 3.63) is 187 Å². The van der Waals surface area contributed by atoms with E-state index in [1.807, 2.05) is 24.4 Å². The second-order valence-electron chi connectivity index (χ2n) is 19.6. The van der Waals surface area contributed by atoms with E-state index < -0.39 is 0 Å². The van der Waals surface area contributed by atoms with Crippen molar-refractivity contribution in [1.29, 1.82) is 0 Å². The first-order valence-corrected chi connectivity index (χ1v) is 24.3. The van der Waals surface area contributed by atoms with Gasteiger partial charge in [-0.15, -0.1) is 0 Å². The maximum absolute atomic E-state index is 5.73. The minimum atomic E-state index is 0.441. The monoisotopic (exact) mass is 864 g/mol. The van der Waals surface area contributed by atoms with E-state index in [0.29, 0.717) is 35.2 Å². The fraction of sp³-hybridized carbons (Fsp3) is 0.197. The average molecular weight is 865 g/mol. The van der Waals surface area contributed by atoms with Crippen LogP contribution in [0.15, 0.2) is 170 Å². The summed E-state index contributed by atoms with van der Waals surface area (Å²) in [4.78, 5) is 26.6. The maximum Gasteiger partial charge on any atom is 0.165 e. The largest absolute Gasteiger partial charge is 0.295 e. The molecule has 15 rings (SSSR count). The molecule has 67 heavy (non-hydrogen) atoms. The molecule has 6 nitrogen and oxygen atoms in total. The highest BCUT2D eigenvalue weighted by Crippen LogP contribution is 2.60. The second-order valence-corrected chi connectivity index (χ2v) is 19.6. The van der Waals surface area contributed by atoms with Gasteiger partial charge in [-0.2, -0.15) is 0 Å². The van der Waals surface area contributed by atoms with Crippen molar-refractivity contribution in [3.8, 4) is 62.2 Å². The minimum Gasteiger partial charge on any atom is -0.295 e. The van der Waals surface area contributed by atoms with Crippen molar-refractivity contribution in [3.63, 3.8) is 0 Å². The Bertz CT molecular complexity index is 3560. The van der Waals surface area contributed by atoms with Gasteiger partial charge in [0, 0.05) is 34.4 Å². The molecule has 5 aliphatic rings. The topological polar surface area (TPSA) is 69.4 Å². The Morgan fingerprint density at radius 1 is 0.493 bits per heavy atom. The van der Waals surface area contributed by atoms with Crippen LogP contribution in [-0.4, -0.2) is 29.5 Å². The number of imidazole rings is 1. The van der Waals surface area contributed by atoms with E-state index in [0.717, 1.165) is 68.9 Å². The zero-order valence-electron chi connectivity index (χ0n) is 37.3. The normalized spacial score (nSPS) is 20.5. The van der Waals surface area contributed by atoms with Crippen molar-refractivity contribution in [2.75, 3.05) is 0 Å². The van der Waals surface area contributed by atoms with Crippen LogP contribution in [0.25, 0.3) is 101 Å². The standard InChI is InChI=1S/C61H48N6/c1-3-13-39(14-4-1)43-24-26-55-54(34-43)63-61(57-46-28-37-27-38(30-46)31-47(57)29-37)67(55)56-35-42-18-8-7-17-41(42)32-52(56)53-25-23-45(36-62-53)59-64-58(40-15-5-2-6-16-40)65-60(66-59)51-33-44-19-9-10-20-48(44)49-21-11-12-22-50(49)51/h1-7,9-17,19-26,32-38,46-47,57H,8,18,27-31H2. The molecule has 0 radical (unpaired) electrons. The molecule has 4 saturated carbocycles. The Morgan fingerprint density at radius 2 is 1.16 bits per heavy atom. The van der Waals surface area contributed by atoms with Crippen molar-refractivity contribution in [2.24, 2.45) is 23.7 Å². The number of pyridine rings is 1. The van der Waals surface area contributed by atoms with Gasteiger partial charge in [-0.05, 0) is 155 Å². The quantitative estimate of drug-likeness (QED) is 0.149. The van der Waals surface area contributed by atoms with Gasteiger partial charge in [0.25, 0.3) is 0 Å². The van der Waals surface area contributed by atoms with Gasteiger partial charge in [-0.3, -0.25) is 9.55 Å². The molecule has 0 amide bonds. The highest BCUT2D eigenvalue weighted by molar-refractivity contribution is 6.13. The molecule has 5 aliphatic carbocycles. The Balaban J connectivity index is 0.932. The van der Waals surface area contributed by atoms with Crippen molar-refractivity contribution in [2.45, 2.75) is 50.9 Å². The summed E-state index contributed by atoms with van der Waals surface area (Å²) in [5.74, 6) is 6.66. The van der Waals surface area contributed by atoms with E-state index in [2.05, 4.69) is 156 Å². The van der Waals surface area contributed by atoms with Gasteiger partial charge in [0.05, 0.1) is 22.4 Å². The highest BCUT2D eigenvalue weighted by atomic mass is 15.1. The van der Waals surface area contributed by atoms with Crippen molar-refractivity contribution in [1.82, 2.24) is 29.5 Å². The molecule has 4 fully saturated rings. The van der Waals surface area contributed by atoms with Crippen LogP contribution in [-0.2, 0) is 6.42 Å². The number of aromatic nitrogens is 6. The highest BCUT2D eigenvalue weighted by Gasteiger charge is 2.50. The first-order valence-electron chi connectivity index (χ1n) is 24.3. The number of aryl methyl sites for hydroxylation is 1. The molecule has 0 atom stereocenters. The summed E-state index contributed by atoms with van der Waals surface area (Å²) in [5, 5.41) is 4.64. The Labute approximate surface area is 390 Å². The average Bonchev–Trinajstić information content (AvgIpc) is 3.76. The molecule has 3 heterocycles. The van der Waals surface area contributed by atoms with E-state index in [1.165, 1.54) is 82.2 Å². The van der Waals surface area contributed by atoms with Gasteiger partial charge in [-0.1, -0.05) is 127 Å². The fourth-order valence-electron chi connectivity index (χ4n) is 12.9. The fourth-order valence-corrected chi connectivity index (χ4v) is 12.9. The van der Waals surface area contributed by atoms with E-state index >= 15 is 0 Å². The number of nitrogens with zero attached hydrogens (tertiary/aromatic N) is 6. The van der Waals surface area contributed by atoms with Gasteiger partial charge in [0.2, 0.25) is 0 Å². The molecule has 0 aliphatic heterocycles. The summed E-state index contributed by atoms with van der Waals surface area (Å²) in [5.41, 5.74) is 13.2. The van der Waals surface area contributed by atoms with E-state index in [9.17, 15) is 0 Å². The van der Waals surface area contributed by atoms with Crippen LogP contribution >= 0.6 is 0 Å². The summed E-state index contributed by atoms with van der Waals surface area (Å²) in [7, 11) is 0. The van der Waals surface area contributed by atoms with Crippen LogP contribution in [0.5, 0.6) is 0 Å². The number of hydrogen-bond donors (Lipinski definition) is 0. The predicted molar refractivity (Wildman–Crippen MR) is 272 cm³/mol. The molecule has 10 aromatic rings. The third-order valence-corrected chi connectivity index (χ3v) is 15.7. The zero-order valence-corrected chi connectivity index (χ0v) is 37.3. The Kier molecular flexibility index (Phi) is 8.96. The van der Waals surface area contributed by atoms with Gasteiger partial charge in [-0.25, -0.2) is 19.9 Å². The Hall–Kier alpha value is -7.57. The van der Waals surface area contributed by atoms with Crippen molar-refractivity contribution >= 4 is 38.7 Å². The lowest BCUT2D eigenvalue weighted by atomic mass is 9.51. The van der Waals surface area contributed by atoms with Gasteiger partial charge in [0.15, 0.2) is 17.5 Å². The molecule has 4 bridgehead atoms. The molecule has 0 spiro atoms. The van der Waals surface area contributed by atoms with Crippen LogP contribution in [0.2, 0.25) is 0 Å². The number of fused-ring (bicyclic) bond motifs is 5. The van der Waals surface area contributed by atoms with E-state index in [-0.39, 0.29) is 0 Å². The first-order chi connectivity index (χ1) is 33.1. The number of rotatable bonds is 7. The minimum absolute atomic E-state index is 0.441. The summed E-state index contributed by atoms with van der Waals surface area (Å²) in [6.45, 7) is 0. The lowest BCUT2D eigenvalue weighted by Crippen LogP contribution is -2.44. The number of hydrogen-bond acceptors (Lipinski definition) is 5. The van der Waals surface area contributed by atoms with Crippen LogP contribution in [0.1, 0.15) is 61.4 Å². The summed E-state index contributed by atoms with van der Waals surface area (Å²) < 4.78 is 2.57. The van der Waals surface area contributed by atoms with Gasteiger partial charge < -0.3 is 0 Å². The maximum atomic E-state index is 5.73. The number of allylic oxidation sites excluding steroid dienone is 1. The van der Waals surface area contributed by atoms with E-state index in [4.69, 9.17) is 24.9 Å². The van der Waals surface area contributed by atoms with Gasteiger partial charge >= 0.3 is 0 Å². The van der Waals surface area contributed by atoms with Crippen LogP contribution in [0.3, 0.4) is 0 Å². The molecular weight excluding hydrogens is 817 g/mol. The third-order valence-electron chi connectivity index (χ3n) is 15.7. The summed E-state index contributed by atoms with van der Waals surface area (Å²) >= 11 is 0. The van der Waals surface area contributed by atoms with E-state index in [1.54, 1.807) is 0 Å². The molecular formula is C61H48N6. The SMILES string of the molecule is C1=Cc2cc(-c3ccc(-c4nc(-c5ccccc5)nc(-c5cc6ccccc6c6ccccc56)n4)cn3)c(-n3c(C4C5CC6CC(C5)CC4C6)nc4cc(-c5ccccc5)ccc43)cc2CC1. The lowest BCUT2D eigenvalue weighted by Gasteiger charge is -2.54. The van der Waals surface area contributed by atoms with Crippen molar-refractivity contribution < 1.29 is 0 Å². The molecule has 3 aromatic heterocycles. The predicted octanol–water partition coefficient (Wildman–Crippen LogP) is 14.7. The zero-order chi connectivity index (χ0) is 44.0. The van der Waals surface area contributed by atoms with Crippen LogP contribution in [0, 0.1) is 23.7 Å². The second kappa shape index (κ2) is 15.5. The summed E-state index contributed by atoms with van der Waals surface area (Å²) in [6, 6.07) is 56.4. The molecule has 7 aromatic carbocycles. The molecule has 0 saturated heterocycles. The molecule has 0 N–H and O–H groups in total. The van der Waals surface area contributed by atoms with Gasteiger partial charge in [0.1, 0.15) is 5.82 Å². The molecule has 0 unspecified atom stereocenters.